The summed E-state index contributed by atoms with van der Waals surface area (Å²) < 4.78 is 0. The lowest BCUT2D eigenvalue weighted by atomic mass is 9.81. The summed E-state index contributed by atoms with van der Waals surface area (Å²) in [5.74, 6) is 4.59. The van der Waals surface area contributed by atoms with Gasteiger partial charge in [0.15, 0.2) is 0 Å². The molecule has 0 saturated heterocycles. The Morgan fingerprint density at radius 2 is 0.958 bits per heavy atom. The first kappa shape index (κ1) is 26.2. The minimum absolute atomic E-state index is 0.331. The molecule has 0 amide bonds. The highest BCUT2D eigenvalue weighted by Gasteiger charge is 2.17. The van der Waals surface area contributed by atoms with E-state index in [4.69, 9.17) is 5.11 Å². The maximum atomic E-state index is 8.98. The third-order valence-corrected chi connectivity index (χ3v) is 6.55. The highest BCUT2D eigenvalue weighted by Crippen LogP contribution is 2.26. The standard InChI is InChI=1S/C12H26.C11H24O/c1-6-8-9-11(4)12(5)10(3)7-2;1-5-6-7-9(2)11(4)10(3)8-12/h10-12H,6-9H2,1-5H3;9-12H,5-8H2,1-4H3/t10-,11+,12-;9-,10+,11-/m01/s1. The molecular weight excluding hydrogens is 292 g/mol. The van der Waals surface area contributed by atoms with Crippen LogP contribution in [0.15, 0.2) is 0 Å². The first-order chi connectivity index (χ1) is 11.3. The van der Waals surface area contributed by atoms with Crippen molar-refractivity contribution in [3.63, 3.8) is 0 Å². The molecule has 1 heteroatoms. The third-order valence-electron chi connectivity index (χ3n) is 6.55. The Hall–Kier alpha value is -0.0400. The number of hydrogen-bond donors (Lipinski definition) is 1. The second-order valence-electron chi connectivity index (χ2n) is 8.50. The van der Waals surface area contributed by atoms with E-state index in [1.807, 2.05) is 0 Å². The van der Waals surface area contributed by atoms with Crippen LogP contribution in [0.1, 0.15) is 107 Å². The molecule has 0 bridgehead atoms. The normalized spacial score (nSPS) is 18.8. The van der Waals surface area contributed by atoms with Gasteiger partial charge in [-0.2, -0.15) is 0 Å². The Balaban J connectivity index is 0. The van der Waals surface area contributed by atoms with E-state index in [-0.39, 0.29) is 0 Å². The van der Waals surface area contributed by atoms with Gasteiger partial charge in [-0.05, 0) is 35.5 Å². The fraction of sp³-hybridized carbons (Fsp3) is 1.00. The molecule has 0 fully saturated rings. The van der Waals surface area contributed by atoms with Crippen molar-refractivity contribution in [3.05, 3.63) is 0 Å². The Bertz CT molecular complexity index is 224. The van der Waals surface area contributed by atoms with E-state index in [1.54, 1.807) is 0 Å². The zero-order chi connectivity index (χ0) is 19.1. The fourth-order valence-electron chi connectivity index (χ4n) is 3.24. The predicted molar refractivity (Wildman–Crippen MR) is 111 cm³/mol. The van der Waals surface area contributed by atoms with E-state index in [0.717, 1.165) is 23.7 Å². The van der Waals surface area contributed by atoms with E-state index in [1.165, 1.54) is 44.9 Å². The van der Waals surface area contributed by atoms with Crippen molar-refractivity contribution < 1.29 is 5.11 Å². The summed E-state index contributed by atoms with van der Waals surface area (Å²) in [5.41, 5.74) is 0. The maximum absolute atomic E-state index is 8.98. The largest absolute Gasteiger partial charge is 0.396 e. The van der Waals surface area contributed by atoms with Crippen LogP contribution in [0.4, 0.5) is 0 Å². The van der Waals surface area contributed by atoms with Gasteiger partial charge in [0.1, 0.15) is 0 Å². The van der Waals surface area contributed by atoms with Gasteiger partial charge in [-0.25, -0.2) is 0 Å². The molecule has 0 aromatic heterocycles. The van der Waals surface area contributed by atoms with Gasteiger partial charge in [-0.15, -0.1) is 0 Å². The van der Waals surface area contributed by atoms with Crippen LogP contribution < -0.4 is 0 Å². The van der Waals surface area contributed by atoms with Gasteiger partial charge in [-0.3, -0.25) is 0 Å². The maximum Gasteiger partial charge on any atom is 0.0459 e. The molecular formula is C23H50O. The number of aliphatic hydroxyl groups is 1. The molecule has 0 aliphatic carbocycles. The van der Waals surface area contributed by atoms with Crippen molar-refractivity contribution >= 4 is 0 Å². The van der Waals surface area contributed by atoms with Crippen LogP contribution in [-0.4, -0.2) is 11.7 Å². The van der Waals surface area contributed by atoms with E-state index in [9.17, 15) is 0 Å². The van der Waals surface area contributed by atoms with E-state index >= 15 is 0 Å². The molecule has 0 aliphatic rings. The summed E-state index contributed by atoms with van der Waals surface area (Å²) in [6, 6.07) is 0. The zero-order valence-electron chi connectivity index (χ0n) is 18.6. The average Bonchev–Trinajstić information content (AvgIpc) is 2.61. The molecule has 0 aliphatic heterocycles. The monoisotopic (exact) mass is 342 g/mol. The highest BCUT2D eigenvalue weighted by atomic mass is 16.3. The summed E-state index contributed by atoms with van der Waals surface area (Å²) in [6.07, 6.45) is 9.41. The van der Waals surface area contributed by atoms with Gasteiger partial charge < -0.3 is 5.11 Å². The van der Waals surface area contributed by atoms with E-state index in [0.29, 0.717) is 18.4 Å². The molecule has 0 radical (unpaired) electrons. The Labute approximate surface area is 155 Å². The van der Waals surface area contributed by atoms with Crippen LogP contribution in [-0.2, 0) is 0 Å². The molecule has 0 unspecified atom stereocenters. The van der Waals surface area contributed by atoms with Gasteiger partial charge in [0.05, 0.1) is 0 Å². The topological polar surface area (TPSA) is 20.2 Å². The molecule has 0 rings (SSSR count). The summed E-state index contributed by atoms with van der Waals surface area (Å²) in [5, 5.41) is 8.98. The quantitative estimate of drug-likeness (QED) is 0.387. The van der Waals surface area contributed by atoms with Crippen molar-refractivity contribution in [3.8, 4) is 0 Å². The molecule has 0 aromatic carbocycles. The first-order valence-corrected chi connectivity index (χ1v) is 10.9. The van der Waals surface area contributed by atoms with Gasteiger partial charge in [-0.1, -0.05) is 107 Å². The van der Waals surface area contributed by atoms with Crippen molar-refractivity contribution in [2.45, 2.75) is 107 Å². The molecule has 6 atom stereocenters. The van der Waals surface area contributed by atoms with Crippen LogP contribution in [0.2, 0.25) is 0 Å². The Morgan fingerprint density at radius 3 is 1.25 bits per heavy atom. The van der Waals surface area contributed by atoms with Crippen molar-refractivity contribution in [2.75, 3.05) is 6.61 Å². The molecule has 0 spiro atoms. The first-order valence-electron chi connectivity index (χ1n) is 10.9. The molecule has 24 heavy (non-hydrogen) atoms. The molecule has 1 N–H and O–H groups in total. The number of aliphatic hydroxyl groups excluding tert-OH is 1. The third kappa shape index (κ3) is 12.3. The summed E-state index contributed by atoms with van der Waals surface area (Å²) >= 11 is 0. The van der Waals surface area contributed by atoms with Crippen LogP contribution in [0.5, 0.6) is 0 Å². The Kier molecular flexibility index (Phi) is 17.9. The smallest absolute Gasteiger partial charge is 0.0459 e. The lowest BCUT2D eigenvalue weighted by Crippen LogP contribution is -2.19. The SMILES string of the molecule is CCCC[C@@H](C)[C@@H](C)[C@@H](C)CC.CCCC[C@@H](C)[C@@H](C)[C@@H](C)CO. The van der Waals surface area contributed by atoms with Crippen molar-refractivity contribution in [2.24, 2.45) is 35.5 Å². The number of rotatable bonds is 12. The Morgan fingerprint density at radius 1 is 0.583 bits per heavy atom. The average molecular weight is 343 g/mol. The second-order valence-corrected chi connectivity index (χ2v) is 8.50. The summed E-state index contributed by atoms with van der Waals surface area (Å²) in [6.45, 7) is 21.0. The van der Waals surface area contributed by atoms with Crippen LogP contribution in [0, 0.1) is 35.5 Å². The van der Waals surface area contributed by atoms with Crippen LogP contribution in [0.25, 0.3) is 0 Å². The minimum atomic E-state index is 0.331. The molecule has 0 saturated carbocycles. The minimum Gasteiger partial charge on any atom is -0.396 e. The second kappa shape index (κ2) is 16.4. The van der Waals surface area contributed by atoms with Gasteiger partial charge in [0.25, 0.3) is 0 Å². The molecule has 148 valence electrons. The van der Waals surface area contributed by atoms with Gasteiger partial charge >= 0.3 is 0 Å². The number of hydrogen-bond acceptors (Lipinski definition) is 1. The lowest BCUT2D eigenvalue weighted by Gasteiger charge is -2.25. The number of unbranched alkanes of at least 4 members (excludes halogenated alkanes) is 2. The van der Waals surface area contributed by atoms with Crippen molar-refractivity contribution in [1.82, 2.24) is 0 Å². The van der Waals surface area contributed by atoms with Crippen LogP contribution in [0.3, 0.4) is 0 Å². The summed E-state index contributed by atoms with van der Waals surface area (Å²) in [4.78, 5) is 0. The van der Waals surface area contributed by atoms with E-state index in [2.05, 4.69) is 62.3 Å². The van der Waals surface area contributed by atoms with Gasteiger partial charge in [0.2, 0.25) is 0 Å². The van der Waals surface area contributed by atoms with Crippen molar-refractivity contribution in [1.29, 1.82) is 0 Å². The molecule has 0 aromatic rings. The van der Waals surface area contributed by atoms with E-state index < -0.39 is 0 Å². The summed E-state index contributed by atoms with van der Waals surface area (Å²) in [7, 11) is 0. The van der Waals surface area contributed by atoms with Gasteiger partial charge in [0, 0.05) is 6.61 Å². The van der Waals surface area contributed by atoms with Crippen LogP contribution >= 0.6 is 0 Å². The lowest BCUT2D eigenvalue weighted by molar-refractivity contribution is 0.159. The fourth-order valence-corrected chi connectivity index (χ4v) is 3.24. The zero-order valence-corrected chi connectivity index (χ0v) is 18.6. The molecule has 1 nitrogen and oxygen atoms in total. The highest BCUT2D eigenvalue weighted by molar-refractivity contribution is 4.68. The predicted octanol–water partition coefficient (Wildman–Crippen LogP) is 7.57. The molecule has 0 heterocycles.